The first kappa shape index (κ1) is 23.8. The Labute approximate surface area is 194 Å². The highest BCUT2D eigenvalue weighted by molar-refractivity contribution is 5.84. The summed E-state index contributed by atoms with van der Waals surface area (Å²) in [4.78, 5) is 16.1. The van der Waals surface area contributed by atoms with Crippen molar-refractivity contribution in [3.8, 4) is 11.3 Å². The molecule has 33 heavy (non-hydrogen) atoms. The lowest BCUT2D eigenvalue weighted by Gasteiger charge is -2.19. The predicted molar refractivity (Wildman–Crippen MR) is 130 cm³/mol. The number of nitrogens with one attached hydrogen (secondary N) is 3. The molecular weight excluding hydrogens is 418 g/mol. The van der Waals surface area contributed by atoms with Crippen LogP contribution in [0.25, 0.3) is 11.3 Å². The van der Waals surface area contributed by atoms with Gasteiger partial charge < -0.3 is 19.9 Å². The molecule has 3 rings (SSSR count). The second-order valence-electron chi connectivity index (χ2n) is 8.47. The number of rotatable bonds is 7. The summed E-state index contributed by atoms with van der Waals surface area (Å²) in [5.74, 6) is 1.42. The summed E-state index contributed by atoms with van der Waals surface area (Å²) < 4.78 is 10.7. The van der Waals surface area contributed by atoms with Gasteiger partial charge in [-0.2, -0.15) is 0 Å². The SMILES string of the molecule is CN=C(NCCc1ccc(NC(=O)OC(C)(C)C)cc1)NCc1cc(-c2ccccc2)on1. The maximum atomic E-state index is 11.9. The molecule has 1 heterocycles. The van der Waals surface area contributed by atoms with Gasteiger partial charge in [-0.25, -0.2) is 4.79 Å². The molecule has 1 amide bonds. The van der Waals surface area contributed by atoms with Crippen molar-refractivity contribution in [2.24, 2.45) is 4.99 Å². The minimum Gasteiger partial charge on any atom is -0.444 e. The first-order valence-electron chi connectivity index (χ1n) is 10.9. The summed E-state index contributed by atoms with van der Waals surface area (Å²) in [5, 5.41) is 13.4. The molecule has 0 bridgehead atoms. The number of benzene rings is 2. The van der Waals surface area contributed by atoms with Gasteiger partial charge in [0.15, 0.2) is 11.7 Å². The minimum atomic E-state index is -0.528. The standard InChI is InChI=1S/C25H31N5O3/c1-25(2,3)32-24(31)29-20-12-10-18(11-13-20)14-15-27-23(26-4)28-17-21-16-22(33-30-21)19-8-6-5-7-9-19/h5-13,16H,14-15,17H2,1-4H3,(H,29,31)(H2,26,27,28). The van der Waals surface area contributed by atoms with Crippen LogP contribution in [0.15, 0.2) is 70.2 Å². The first-order chi connectivity index (χ1) is 15.8. The van der Waals surface area contributed by atoms with Crippen LogP contribution >= 0.6 is 0 Å². The molecule has 0 fully saturated rings. The molecule has 0 saturated heterocycles. The lowest BCUT2D eigenvalue weighted by atomic mass is 10.1. The maximum Gasteiger partial charge on any atom is 0.412 e. The van der Waals surface area contributed by atoms with Crippen LogP contribution in [-0.4, -0.2) is 36.4 Å². The number of nitrogens with zero attached hydrogens (tertiary/aromatic N) is 2. The monoisotopic (exact) mass is 449 g/mol. The Hall–Kier alpha value is -3.81. The highest BCUT2D eigenvalue weighted by Crippen LogP contribution is 2.19. The van der Waals surface area contributed by atoms with Gasteiger partial charge in [0.1, 0.15) is 11.3 Å². The van der Waals surface area contributed by atoms with Crippen LogP contribution in [0.3, 0.4) is 0 Å². The Bertz CT molecular complexity index is 1050. The number of ether oxygens (including phenoxy) is 1. The Morgan fingerprint density at radius 1 is 1.06 bits per heavy atom. The Kier molecular flexibility index (Phi) is 8.07. The number of hydrogen-bond acceptors (Lipinski definition) is 5. The van der Waals surface area contributed by atoms with Gasteiger partial charge in [-0.1, -0.05) is 47.6 Å². The van der Waals surface area contributed by atoms with E-state index in [2.05, 4.69) is 26.1 Å². The fourth-order valence-electron chi connectivity index (χ4n) is 3.03. The van der Waals surface area contributed by atoms with E-state index in [1.165, 1.54) is 0 Å². The molecule has 0 radical (unpaired) electrons. The van der Waals surface area contributed by atoms with Crippen LogP contribution in [0.2, 0.25) is 0 Å². The minimum absolute atomic E-state index is 0.463. The molecule has 3 N–H and O–H groups in total. The molecule has 2 aromatic carbocycles. The van der Waals surface area contributed by atoms with Gasteiger partial charge in [-0.15, -0.1) is 0 Å². The number of carbonyl (C=O) groups is 1. The third kappa shape index (κ3) is 7.99. The van der Waals surface area contributed by atoms with Crippen molar-refractivity contribution >= 4 is 17.7 Å². The molecule has 0 saturated carbocycles. The lowest BCUT2D eigenvalue weighted by molar-refractivity contribution is 0.0636. The maximum absolute atomic E-state index is 11.9. The van der Waals surface area contributed by atoms with Gasteiger partial charge in [0.05, 0.1) is 6.54 Å². The van der Waals surface area contributed by atoms with Crippen LogP contribution < -0.4 is 16.0 Å². The van der Waals surface area contributed by atoms with Crippen molar-refractivity contribution < 1.29 is 14.1 Å². The van der Waals surface area contributed by atoms with Crippen molar-refractivity contribution in [1.82, 2.24) is 15.8 Å². The highest BCUT2D eigenvalue weighted by atomic mass is 16.6. The predicted octanol–water partition coefficient (Wildman–Crippen LogP) is 4.60. The number of aromatic nitrogens is 1. The molecule has 0 spiro atoms. The van der Waals surface area contributed by atoms with Crippen LogP contribution in [0, 0.1) is 0 Å². The number of carbonyl (C=O) groups excluding carboxylic acids is 1. The zero-order chi connectivity index (χ0) is 23.7. The van der Waals surface area contributed by atoms with Gasteiger partial charge in [-0.05, 0) is 44.9 Å². The van der Waals surface area contributed by atoms with E-state index in [1.54, 1.807) is 7.05 Å². The zero-order valence-corrected chi connectivity index (χ0v) is 19.5. The molecule has 0 aliphatic rings. The first-order valence-corrected chi connectivity index (χ1v) is 10.9. The van der Waals surface area contributed by atoms with Gasteiger partial charge >= 0.3 is 6.09 Å². The molecule has 8 heteroatoms. The smallest absolute Gasteiger partial charge is 0.412 e. The molecule has 174 valence electrons. The van der Waals surface area contributed by atoms with Crippen molar-refractivity contribution in [2.75, 3.05) is 18.9 Å². The largest absolute Gasteiger partial charge is 0.444 e. The van der Waals surface area contributed by atoms with E-state index in [1.807, 2.05) is 81.4 Å². The third-order valence-corrected chi connectivity index (χ3v) is 4.58. The molecule has 0 unspecified atom stereocenters. The van der Waals surface area contributed by atoms with E-state index in [4.69, 9.17) is 9.26 Å². The topological polar surface area (TPSA) is 101 Å². The number of aliphatic imine (C=N–C) groups is 1. The number of hydrogen-bond donors (Lipinski definition) is 3. The Morgan fingerprint density at radius 3 is 2.45 bits per heavy atom. The number of amides is 1. The van der Waals surface area contributed by atoms with E-state index in [9.17, 15) is 4.79 Å². The molecule has 1 aromatic heterocycles. The van der Waals surface area contributed by atoms with Crippen molar-refractivity contribution in [2.45, 2.75) is 39.3 Å². The summed E-state index contributed by atoms with van der Waals surface area (Å²) in [6, 6.07) is 19.5. The van der Waals surface area contributed by atoms with Gasteiger partial charge in [0.2, 0.25) is 0 Å². The van der Waals surface area contributed by atoms with Crippen LogP contribution in [0.5, 0.6) is 0 Å². The van der Waals surface area contributed by atoms with E-state index >= 15 is 0 Å². The zero-order valence-electron chi connectivity index (χ0n) is 19.5. The van der Waals surface area contributed by atoms with Gasteiger partial charge in [0.25, 0.3) is 0 Å². The highest BCUT2D eigenvalue weighted by Gasteiger charge is 2.16. The van der Waals surface area contributed by atoms with Crippen molar-refractivity contribution in [3.63, 3.8) is 0 Å². The Morgan fingerprint density at radius 2 is 1.79 bits per heavy atom. The average Bonchev–Trinajstić information content (AvgIpc) is 3.25. The molecule has 0 atom stereocenters. The fourth-order valence-corrected chi connectivity index (χ4v) is 3.03. The summed E-state index contributed by atoms with van der Waals surface area (Å²) in [6.07, 6.45) is 0.338. The summed E-state index contributed by atoms with van der Waals surface area (Å²) in [7, 11) is 1.73. The number of guanidine groups is 1. The van der Waals surface area contributed by atoms with E-state index in [0.29, 0.717) is 24.7 Å². The lowest BCUT2D eigenvalue weighted by Crippen LogP contribution is -2.37. The normalized spacial score (nSPS) is 11.7. The molecule has 3 aromatic rings. The van der Waals surface area contributed by atoms with Crippen LogP contribution in [0.1, 0.15) is 32.0 Å². The number of anilines is 1. The molecule has 0 aliphatic carbocycles. The quantitative estimate of drug-likeness (QED) is 0.360. The summed E-state index contributed by atoms with van der Waals surface area (Å²) in [5.41, 5.74) is 3.09. The molecular formula is C25H31N5O3. The van der Waals surface area contributed by atoms with Crippen molar-refractivity contribution in [1.29, 1.82) is 0 Å². The van der Waals surface area contributed by atoms with Crippen molar-refractivity contribution in [3.05, 3.63) is 71.9 Å². The second kappa shape index (κ2) is 11.2. The third-order valence-electron chi connectivity index (χ3n) is 4.58. The van der Waals surface area contributed by atoms with Gasteiger partial charge in [0, 0.05) is 30.9 Å². The van der Waals surface area contributed by atoms with Crippen LogP contribution in [-0.2, 0) is 17.7 Å². The summed E-state index contributed by atoms with van der Waals surface area (Å²) in [6.45, 7) is 6.70. The fraction of sp³-hybridized carbons (Fsp3) is 0.320. The molecule has 8 nitrogen and oxygen atoms in total. The van der Waals surface area contributed by atoms with E-state index in [0.717, 1.165) is 29.0 Å². The molecule has 0 aliphatic heterocycles. The van der Waals surface area contributed by atoms with E-state index < -0.39 is 11.7 Å². The van der Waals surface area contributed by atoms with Crippen LogP contribution in [0.4, 0.5) is 10.5 Å². The summed E-state index contributed by atoms with van der Waals surface area (Å²) >= 11 is 0. The van der Waals surface area contributed by atoms with Gasteiger partial charge in [-0.3, -0.25) is 10.3 Å². The van der Waals surface area contributed by atoms with E-state index in [-0.39, 0.29) is 0 Å². The second-order valence-corrected chi connectivity index (χ2v) is 8.47. The average molecular weight is 450 g/mol. The Balaban J connectivity index is 1.41.